The minimum Gasteiger partial charge on any atom is -0.384 e. The minimum absolute atomic E-state index is 0. The normalized spacial score (nSPS) is 19.5. The molecule has 1 saturated heterocycles. The van der Waals surface area contributed by atoms with Crippen molar-refractivity contribution in [1.29, 1.82) is 5.41 Å². The van der Waals surface area contributed by atoms with Gasteiger partial charge in [0.25, 0.3) is 0 Å². The monoisotopic (exact) mass is 555 g/mol. The van der Waals surface area contributed by atoms with Gasteiger partial charge in [-0.3, -0.25) is 30.0 Å². The Morgan fingerprint density at radius 3 is 2.30 bits per heavy atom. The number of amidine groups is 1. The van der Waals surface area contributed by atoms with Gasteiger partial charge in [-0.1, -0.05) is 43.5 Å². The SMILES string of the molecule is C[C@@H](C(=O)NC(=O)[C@@H]1CCCN1Cc1ccc(C(=N)N)cc1)N(C(=O)CS(C)(=O)=O)C1CCCCC1.Cl. The second kappa shape index (κ2) is 13.3. The van der Waals surface area contributed by atoms with Crippen LogP contribution in [0.15, 0.2) is 24.3 Å². The number of carbonyl (C=O) groups is 3. The standard InChI is InChI=1S/C25H37N5O5S.ClH/c1-17(30(20-7-4-3-5-8-20)22(31)16-36(2,34)35)24(32)28-25(33)21-9-6-14-29(21)15-18-10-12-19(13-11-18)23(26)27;/h10-13,17,20-21H,3-9,14-16H2,1-2H3,(H3,26,27)(H,28,32,33);1H/t17-,21-;/m0./s1. The van der Waals surface area contributed by atoms with Crippen LogP contribution in [-0.4, -0.2) is 78.5 Å². The van der Waals surface area contributed by atoms with Crippen molar-refractivity contribution in [3.63, 3.8) is 0 Å². The predicted molar refractivity (Wildman–Crippen MR) is 144 cm³/mol. The second-order valence-electron chi connectivity index (χ2n) is 9.93. The highest BCUT2D eigenvalue weighted by Gasteiger charge is 2.37. The molecule has 37 heavy (non-hydrogen) atoms. The molecule has 2 atom stereocenters. The van der Waals surface area contributed by atoms with E-state index in [1.165, 1.54) is 4.90 Å². The van der Waals surface area contributed by atoms with E-state index in [-0.39, 0.29) is 24.3 Å². The molecule has 12 heteroatoms. The molecule has 3 amide bonds. The van der Waals surface area contributed by atoms with Gasteiger partial charge in [0.1, 0.15) is 17.6 Å². The Labute approximate surface area is 225 Å². The number of hydrogen-bond acceptors (Lipinski definition) is 7. The fourth-order valence-corrected chi connectivity index (χ4v) is 5.76. The van der Waals surface area contributed by atoms with Crippen molar-refractivity contribution in [1.82, 2.24) is 15.1 Å². The maximum absolute atomic E-state index is 13.1. The minimum atomic E-state index is -3.56. The van der Waals surface area contributed by atoms with Crippen LogP contribution in [0, 0.1) is 5.41 Å². The van der Waals surface area contributed by atoms with Crippen LogP contribution >= 0.6 is 12.4 Å². The Bertz CT molecular complexity index is 1090. The number of imide groups is 1. The molecule has 1 saturated carbocycles. The number of benzene rings is 1. The van der Waals surface area contributed by atoms with Crippen LogP contribution in [-0.2, 0) is 30.8 Å². The molecule has 3 rings (SSSR count). The number of likely N-dealkylation sites (tertiary alicyclic amines) is 1. The predicted octanol–water partition coefficient (Wildman–Crippen LogP) is 1.59. The third kappa shape index (κ3) is 8.51. The van der Waals surface area contributed by atoms with E-state index in [2.05, 4.69) is 5.32 Å². The lowest BCUT2D eigenvalue weighted by Gasteiger charge is -2.38. The topological polar surface area (TPSA) is 154 Å². The number of nitrogens with one attached hydrogen (secondary N) is 2. The molecular weight excluding hydrogens is 518 g/mol. The van der Waals surface area contributed by atoms with Crippen LogP contribution in [0.4, 0.5) is 0 Å². The van der Waals surface area contributed by atoms with Crippen molar-refractivity contribution in [2.24, 2.45) is 5.73 Å². The van der Waals surface area contributed by atoms with Crippen molar-refractivity contribution in [3.05, 3.63) is 35.4 Å². The summed E-state index contributed by atoms with van der Waals surface area (Å²) in [6.45, 7) is 2.78. The Morgan fingerprint density at radius 2 is 1.73 bits per heavy atom. The first-order valence-corrected chi connectivity index (χ1v) is 14.5. The van der Waals surface area contributed by atoms with Crippen LogP contribution in [0.5, 0.6) is 0 Å². The molecule has 0 aromatic heterocycles. The van der Waals surface area contributed by atoms with E-state index in [0.29, 0.717) is 37.9 Å². The van der Waals surface area contributed by atoms with Gasteiger partial charge in [-0.15, -0.1) is 12.4 Å². The number of nitrogens with zero attached hydrogens (tertiary/aromatic N) is 2. The van der Waals surface area contributed by atoms with E-state index in [9.17, 15) is 22.8 Å². The molecule has 1 aromatic carbocycles. The highest BCUT2D eigenvalue weighted by atomic mass is 35.5. The zero-order chi connectivity index (χ0) is 26.5. The number of halogens is 1. The molecule has 0 radical (unpaired) electrons. The first-order chi connectivity index (χ1) is 17.0. The molecule has 206 valence electrons. The third-order valence-electron chi connectivity index (χ3n) is 7.00. The highest BCUT2D eigenvalue weighted by Crippen LogP contribution is 2.25. The third-order valence-corrected chi connectivity index (χ3v) is 7.77. The molecule has 0 unspecified atom stereocenters. The van der Waals surface area contributed by atoms with Crippen LogP contribution in [0.25, 0.3) is 0 Å². The second-order valence-corrected chi connectivity index (χ2v) is 12.1. The summed E-state index contributed by atoms with van der Waals surface area (Å²) in [5.41, 5.74) is 7.10. The number of nitrogen functional groups attached to an aromatic ring is 1. The molecule has 10 nitrogen and oxygen atoms in total. The van der Waals surface area contributed by atoms with Gasteiger partial charge < -0.3 is 10.6 Å². The summed E-state index contributed by atoms with van der Waals surface area (Å²) in [6, 6.07) is 5.61. The van der Waals surface area contributed by atoms with E-state index in [0.717, 1.165) is 37.5 Å². The number of carbonyl (C=O) groups excluding carboxylic acids is 3. The maximum Gasteiger partial charge on any atom is 0.249 e. The summed E-state index contributed by atoms with van der Waals surface area (Å²) in [7, 11) is -3.56. The smallest absolute Gasteiger partial charge is 0.249 e. The molecule has 2 fully saturated rings. The first kappa shape index (κ1) is 30.7. The Kier molecular flexibility index (Phi) is 11.1. The number of nitrogens with two attached hydrogens (primary N) is 1. The van der Waals surface area contributed by atoms with Crippen molar-refractivity contribution in [3.8, 4) is 0 Å². The molecule has 1 aromatic rings. The Balaban J connectivity index is 0.00000481. The van der Waals surface area contributed by atoms with Gasteiger partial charge in [0.05, 0.1) is 6.04 Å². The van der Waals surface area contributed by atoms with Gasteiger partial charge in [0.15, 0.2) is 9.84 Å². The highest BCUT2D eigenvalue weighted by molar-refractivity contribution is 7.91. The lowest BCUT2D eigenvalue weighted by Crippen LogP contribution is -2.56. The fourth-order valence-electron chi connectivity index (χ4n) is 5.17. The quantitative estimate of drug-likeness (QED) is 0.309. The number of amides is 3. The Hall–Kier alpha value is -2.50. The van der Waals surface area contributed by atoms with Gasteiger partial charge in [-0.25, -0.2) is 8.42 Å². The van der Waals surface area contributed by atoms with E-state index in [1.54, 1.807) is 19.1 Å². The van der Waals surface area contributed by atoms with Crippen molar-refractivity contribution >= 4 is 45.8 Å². The van der Waals surface area contributed by atoms with Gasteiger partial charge in [0, 0.05) is 24.4 Å². The summed E-state index contributed by atoms with van der Waals surface area (Å²) in [5.74, 6) is -2.27. The van der Waals surface area contributed by atoms with Crippen molar-refractivity contribution < 1.29 is 22.8 Å². The van der Waals surface area contributed by atoms with E-state index >= 15 is 0 Å². The zero-order valence-electron chi connectivity index (χ0n) is 21.4. The molecule has 2 aliphatic rings. The number of rotatable bonds is 9. The van der Waals surface area contributed by atoms with Gasteiger partial charge >= 0.3 is 0 Å². The summed E-state index contributed by atoms with van der Waals surface area (Å²) < 4.78 is 23.6. The summed E-state index contributed by atoms with van der Waals surface area (Å²) in [5, 5.41) is 10.0. The average molecular weight is 556 g/mol. The van der Waals surface area contributed by atoms with Crippen LogP contribution < -0.4 is 11.1 Å². The van der Waals surface area contributed by atoms with Crippen molar-refractivity contribution in [2.45, 2.75) is 76.5 Å². The maximum atomic E-state index is 13.1. The van der Waals surface area contributed by atoms with E-state index < -0.39 is 45.4 Å². The average Bonchev–Trinajstić information content (AvgIpc) is 3.27. The fraction of sp³-hybridized carbons (Fsp3) is 0.600. The van der Waals surface area contributed by atoms with Gasteiger partial charge in [-0.2, -0.15) is 0 Å². The van der Waals surface area contributed by atoms with Gasteiger partial charge in [0.2, 0.25) is 17.7 Å². The van der Waals surface area contributed by atoms with E-state index in [1.807, 2.05) is 17.0 Å². The summed E-state index contributed by atoms with van der Waals surface area (Å²) in [6.07, 6.45) is 6.70. The number of hydrogen-bond donors (Lipinski definition) is 3. The molecular formula is C25H38ClN5O5S. The number of sulfone groups is 1. The molecule has 4 N–H and O–H groups in total. The first-order valence-electron chi connectivity index (χ1n) is 12.5. The lowest BCUT2D eigenvalue weighted by molar-refractivity contribution is -0.144. The van der Waals surface area contributed by atoms with Crippen LogP contribution in [0.2, 0.25) is 0 Å². The largest absolute Gasteiger partial charge is 0.384 e. The zero-order valence-corrected chi connectivity index (χ0v) is 23.1. The van der Waals surface area contributed by atoms with Crippen LogP contribution in [0.1, 0.15) is 63.0 Å². The van der Waals surface area contributed by atoms with Gasteiger partial charge in [-0.05, 0) is 44.7 Å². The molecule has 0 bridgehead atoms. The molecule has 1 heterocycles. The summed E-state index contributed by atoms with van der Waals surface area (Å²) in [4.78, 5) is 42.5. The van der Waals surface area contributed by atoms with Crippen LogP contribution in [0.3, 0.4) is 0 Å². The Morgan fingerprint density at radius 1 is 1.11 bits per heavy atom. The molecule has 1 aliphatic heterocycles. The van der Waals surface area contributed by atoms with Crippen molar-refractivity contribution in [2.75, 3.05) is 18.6 Å². The van der Waals surface area contributed by atoms with E-state index in [4.69, 9.17) is 11.1 Å². The lowest BCUT2D eigenvalue weighted by atomic mass is 9.93. The molecule has 1 aliphatic carbocycles. The summed E-state index contributed by atoms with van der Waals surface area (Å²) >= 11 is 0. The molecule has 0 spiro atoms.